The predicted molar refractivity (Wildman–Crippen MR) is 56.5 cm³/mol. The van der Waals surface area contributed by atoms with E-state index < -0.39 is 0 Å². The fourth-order valence-corrected chi connectivity index (χ4v) is 1.02. The van der Waals surface area contributed by atoms with Crippen molar-refractivity contribution in [2.24, 2.45) is 0 Å². The van der Waals surface area contributed by atoms with Gasteiger partial charge in [0.25, 0.3) is 0 Å². The second-order valence-corrected chi connectivity index (χ2v) is 2.64. The summed E-state index contributed by atoms with van der Waals surface area (Å²) in [5.41, 5.74) is 1.53. The Morgan fingerprint density at radius 3 is 2.62 bits per heavy atom. The quantitative estimate of drug-likeness (QED) is 0.694. The second kappa shape index (κ2) is 4.31. The number of phenolic OH excluding ortho intramolecular Hbond substituents is 1. The van der Waals surface area contributed by atoms with E-state index in [2.05, 4.69) is 13.2 Å². The van der Waals surface area contributed by atoms with Crippen molar-refractivity contribution in [1.29, 1.82) is 0 Å². The molecule has 66 valence electrons. The van der Waals surface area contributed by atoms with Gasteiger partial charge in [-0.1, -0.05) is 49.6 Å². The van der Waals surface area contributed by atoms with Crippen LogP contribution in [0.1, 0.15) is 5.56 Å². The van der Waals surface area contributed by atoms with E-state index in [0.29, 0.717) is 0 Å². The summed E-state index contributed by atoms with van der Waals surface area (Å²) in [4.78, 5) is 0. The highest BCUT2D eigenvalue weighted by atomic mass is 16.3. The highest BCUT2D eigenvalue weighted by Gasteiger charge is 1.99. The molecule has 1 N–H and O–H groups in total. The van der Waals surface area contributed by atoms with Crippen molar-refractivity contribution >= 4 is 5.57 Å². The molecule has 1 heteroatoms. The third-order valence-corrected chi connectivity index (χ3v) is 1.68. The lowest BCUT2D eigenvalue weighted by Gasteiger charge is -2.02. The Labute approximate surface area is 78.3 Å². The average molecular weight is 172 g/mol. The topological polar surface area (TPSA) is 20.2 Å². The number of hydrogen-bond donors (Lipinski definition) is 1. The van der Waals surface area contributed by atoms with Gasteiger partial charge in [-0.15, -0.1) is 0 Å². The Kier molecular flexibility index (Phi) is 3.09. The Balaban J connectivity index is 2.95. The van der Waals surface area contributed by atoms with Crippen molar-refractivity contribution in [2.45, 2.75) is 0 Å². The van der Waals surface area contributed by atoms with Crippen molar-refractivity contribution < 1.29 is 5.11 Å². The molecule has 1 aromatic rings. The van der Waals surface area contributed by atoms with Crippen LogP contribution in [0, 0.1) is 0 Å². The van der Waals surface area contributed by atoms with Crippen LogP contribution in [0.2, 0.25) is 0 Å². The number of benzene rings is 1. The van der Waals surface area contributed by atoms with E-state index in [-0.39, 0.29) is 5.75 Å². The first-order valence-electron chi connectivity index (χ1n) is 4.02. The molecule has 0 aliphatic carbocycles. The van der Waals surface area contributed by atoms with Crippen LogP contribution in [-0.4, -0.2) is 5.11 Å². The maximum Gasteiger partial charge on any atom is 0.123 e. The third-order valence-electron chi connectivity index (χ3n) is 1.68. The van der Waals surface area contributed by atoms with Gasteiger partial charge in [0.1, 0.15) is 5.75 Å². The molecule has 1 rings (SSSR count). The fraction of sp³-hybridized carbons (Fsp3) is 0. The van der Waals surface area contributed by atoms with Crippen LogP contribution < -0.4 is 0 Å². The van der Waals surface area contributed by atoms with Crippen molar-refractivity contribution in [3.8, 4) is 5.75 Å². The van der Waals surface area contributed by atoms with E-state index >= 15 is 0 Å². The Morgan fingerprint density at radius 2 is 2.00 bits per heavy atom. The maximum absolute atomic E-state index is 9.46. The summed E-state index contributed by atoms with van der Waals surface area (Å²) in [6, 6.07) is 7.11. The van der Waals surface area contributed by atoms with Gasteiger partial charge in [0.2, 0.25) is 0 Å². The normalized spacial score (nSPS) is 10.2. The number of aromatic hydroxyl groups is 1. The molecule has 0 aliphatic rings. The second-order valence-electron chi connectivity index (χ2n) is 2.64. The summed E-state index contributed by atoms with van der Waals surface area (Å²) in [5, 5.41) is 9.46. The van der Waals surface area contributed by atoms with Gasteiger partial charge in [0.05, 0.1) is 0 Å². The van der Waals surface area contributed by atoms with Crippen molar-refractivity contribution in [1.82, 2.24) is 0 Å². The van der Waals surface area contributed by atoms with Gasteiger partial charge in [-0.2, -0.15) is 0 Å². The summed E-state index contributed by atoms with van der Waals surface area (Å²) in [7, 11) is 0. The molecule has 0 radical (unpaired) electrons. The highest BCUT2D eigenvalue weighted by molar-refractivity contribution is 5.75. The zero-order valence-electron chi connectivity index (χ0n) is 7.40. The van der Waals surface area contributed by atoms with E-state index in [1.54, 1.807) is 24.3 Å². The molecule has 1 nitrogen and oxygen atoms in total. The molecular weight excluding hydrogens is 160 g/mol. The molecule has 0 atom stereocenters. The van der Waals surface area contributed by atoms with Crippen molar-refractivity contribution in [3.05, 3.63) is 61.2 Å². The summed E-state index contributed by atoms with van der Waals surface area (Å²) in [6.45, 7) is 7.39. The van der Waals surface area contributed by atoms with Crippen LogP contribution in [0.5, 0.6) is 5.75 Å². The van der Waals surface area contributed by atoms with Crippen LogP contribution in [0.25, 0.3) is 5.57 Å². The highest BCUT2D eigenvalue weighted by Crippen LogP contribution is 2.23. The van der Waals surface area contributed by atoms with Crippen LogP contribution in [-0.2, 0) is 0 Å². The minimum atomic E-state index is 0.251. The summed E-state index contributed by atoms with van der Waals surface area (Å²) in [6.07, 6.45) is 5.27. The van der Waals surface area contributed by atoms with Crippen molar-refractivity contribution in [3.63, 3.8) is 0 Å². The standard InChI is InChI=1S/C12H12O/c1-3-4-7-10(2)11-8-5-6-9-12(11)13/h3-9,13H,1-2H2/b7-4+. The van der Waals surface area contributed by atoms with Crippen molar-refractivity contribution in [2.75, 3.05) is 0 Å². The van der Waals surface area contributed by atoms with E-state index in [1.807, 2.05) is 18.2 Å². The minimum Gasteiger partial charge on any atom is -0.507 e. The molecule has 0 aromatic heterocycles. The first kappa shape index (κ1) is 9.33. The largest absolute Gasteiger partial charge is 0.507 e. The monoisotopic (exact) mass is 172 g/mol. The zero-order chi connectivity index (χ0) is 9.68. The minimum absolute atomic E-state index is 0.251. The first-order chi connectivity index (χ1) is 6.25. The van der Waals surface area contributed by atoms with Gasteiger partial charge in [-0.05, 0) is 11.6 Å². The van der Waals surface area contributed by atoms with Gasteiger partial charge in [-0.3, -0.25) is 0 Å². The Hall–Kier alpha value is -1.76. The SMILES string of the molecule is C=C/C=C/C(=C)c1ccccc1O. The molecule has 0 saturated heterocycles. The number of allylic oxidation sites excluding steroid dienone is 4. The molecule has 0 unspecified atom stereocenters. The number of para-hydroxylation sites is 1. The number of phenols is 1. The maximum atomic E-state index is 9.46. The zero-order valence-corrected chi connectivity index (χ0v) is 7.40. The molecule has 0 heterocycles. The van der Waals surface area contributed by atoms with E-state index in [4.69, 9.17) is 0 Å². The number of hydrogen-bond acceptors (Lipinski definition) is 1. The molecule has 0 spiro atoms. The molecule has 0 fully saturated rings. The lowest BCUT2D eigenvalue weighted by molar-refractivity contribution is 0.474. The van der Waals surface area contributed by atoms with Gasteiger partial charge < -0.3 is 5.11 Å². The van der Waals surface area contributed by atoms with Gasteiger partial charge >= 0.3 is 0 Å². The molecule has 0 saturated carbocycles. The van der Waals surface area contributed by atoms with Gasteiger partial charge in [0, 0.05) is 5.56 Å². The Morgan fingerprint density at radius 1 is 1.31 bits per heavy atom. The summed E-state index contributed by atoms with van der Waals surface area (Å²) < 4.78 is 0. The molecular formula is C12H12O. The van der Waals surface area contributed by atoms with E-state index in [0.717, 1.165) is 11.1 Å². The molecule has 0 bridgehead atoms. The van der Waals surface area contributed by atoms with E-state index in [9.17, 15) is 5.11 Å². The smallest absolute Gasteiger partial charge is 0.123 e. The summed E-state index contributed by atoms with van der Waals surface area (Å²) in [5.74, 6) is 0.251. The van der Waals surface area contributed by atoms with Crippen LogP contribution in [0.3, 0.4) is 0 Å². The van der Waals surface area contributed by atoms with Gasteiger partial charge in [-0.25, -0.2) is 0 Å². The third kappa shape index (κ3) is 2.34. The Bertz CT molecular complexity index is 348. The van der Waals surface area contributed by atoms with Crippen LogP contribution in [0.15, 0.2) is 55.7 Å². The first-order valence-corrected chi connectivity index (χ1v) is 4.02. The molecule has 0 aliphatic heterocycles. The van der Waals surface area contributed by atoms with E-state index in [1.165, 1.54) is 0 Å². The average Bonchev–Trinajstić information content (AvgIpc) is 2.15. The van der Waals surface area contributed by atoms with Crippen LogP contribution >= 0.6 is 0 Å². The lowest BCUT2D eigenvalue weighted by atomic mass is 10.1. The fourth-order valence-electron chi connectivity index (χ4n) is 1.02. The summed E-state index contributed by atoms with van der Waals surface area (Å²) >= 11 is 0. The van der Waals surface area contributed by atoms with Gasteiger partial charge in [0.15, 0.2) is 0 Å². The van der Waals surface area contributed by atoms with Crippen LogP contribution in [0.4, 0.5) is 0 Å². The molecule has 1 aromatic carbocycles. The lowest BCUT2D eigenvalue weighted by Crippen LogP contribution is -1.79. The molecule has 0 amide bonds. The number of rotatable bonds is 3. The predicted octanol–water partition coefficient (Wildman–Crippen LogP) is 3.15. The molecule has 13 heavy (non-hydrogen) atoms.